The second-order valence-corrected chi connectivity index (χ2v) is 7.99. The number of carbonyl (C=O) groups excluding carboxylic acids is 2. The Morgan fingerprint density at radius 2 is 1.79 bits per heavy atom. The number of anilines is 1. The van der Waals surface area contributed by atoms with Gasteiger partial charge >= 0.3 is 11.8 Å². The number of halogens is 2. The molecule has 176 valence electrons. The zero-order valence-corrected chi connectivity index (χ0v) is 20.2. The number of rotatable bonds is 8. The van der Waals surface area contributed by atoms with E-state index in [9.17, 15) is 14.0 Å². The Morgan fingerprint density at radius 1 is 1.06 bits per heavy atom. The van der Waals surface area contributed by atoms with Gasteiger partial charge in [-0.05, 0) is 82.9 Å². The van der Waals surface area contributed by atoms with E-state index in [1.807, 2.05) is 38.1 Å². The molecule has 0 aliphatic rings. The zero-order valence-electron chi connectivity index (χ0n) is 18.6. The minimum atomic E-state index is -0.970. The van der Waals surface area contributed by atoms with Gasteiger partial charge in [-0.25, -0.2) is 9.82 Å². The van der Waals surface area contributed by atoms with Gasteiger partial charge in [0.25, 0.3) is 0 Å². The number of ether oxygens (including phenoxy) is 2. The maximum absolute atomic E-state index is 12.9. The van der Waals surface area contributed by atoms with Crippen LogP contribution in [0.1, 0.15) is 23.6 Å². The number of aryl methyl sites for hydroxylation is 1. The molecule has 0 aliphatic heterocycles. The van der Waals surface area contributed by atoms with Crippen molar-refractivity contribution in [2.24, 2.45) is 5.10 Å². The molecule has 0 radical (unpaired) electrons. The average Bonchev–Trinajstić information content (AvgIpc) is 2.81. The molecule has 0 fully saturated rings. The van der Waals surface area contributed by atoms with Crippen LogP contribution in [0.25, 0.3) is 0 Å². The molecule has 0 aliphatic carbocycles. The van der Waals surface area contributed by atoms with Crippen molar-refractivity contribution in [3.63, 3.8) is 0 Å². The van der Waals surface area contributed by atoms with Gasteiger partial charge < -0.3 is 14.8 Å². The average molecular weight is 528 g/mol. The summed E-state index contributed by atoms with van der Waals surface area (Å²) in [5.74, 6) is -1.30. The fourth-order valence-electron chi connectivity index (χ4n) is 2.92. The molecular formula is C25H23BrFN3O4. The standard InChI is InChI=1S/C25H23BrFN3O4/c1-3-33-22-13-17(12-21(26)23(22)34-15-18-7-5-4-6-16(18)2)14-28-30-25(32)24(31)29-20-10-8-19(27)9-11-20/h4-14H,3,15H2,1-2H3,(H,29,31)(H,30,32). The van der Waals surface area contributed by atoms with Gasteiger partial charge in [0, 0.05) is 5.69 Å². The molecular weight excluding hydrogens is 505 g/mol. The van der Waals surface area contributed by atoms with Crippen molar-refractivity contribution in [1.29, 1.82) is 0 Å². The number of nitrogens with zero attached hydrogens (tertiary/aromatic N) is 1. The third-order valence-corrected chi connectivity index (χ3v) is 5.24. The van der Waals surface area contributed by atoms with Crippen molar-refractivity contribution in [3.8, 4) is 11.5 Å². The van der Waals surface area contributed by atoms with Crippen LogP contribution >= 0.6 is 15.9 Å². The van der Waals surface area contributed by atoms with Crippen LogP contribution in [-0.4, -0.2) is 24.6 Å². The van der Waals surface area contributed by atoms with Crippen molar-refractivity contribution >= 4 is 39.6 Å². The first-order valence-electron chi connectivity index (χ1n) is 10.4. The van der Waals surface area contributed by atoms with E-state index in [1.165, 1.54) is 30.5 Å². The smallest absolute Gasteiger partial charge is 0.329 e. The molecule has 9 heteroatoms. The Bertz CT molecular complexity index is 1200. The van der Waals surface area contributed by atoms with E-state index in [0.29, 0.717) is 34.7 Å². The summed E-state index contributed by atoms with van der Waals surface area (Å²) in [4.78, 5) is 23.9. The summed E-state index contributed by atoms with van der Waals surface area (Å²) < 4.78 is 25.3. The predicted octanol–water partition coefficient (Wildman–Crippen LogP) is 4.96. The predicted molar refractivity (Wildman–Crippen MR) is 132 cm³/mol. The summed E-state index contributed by atoms with van der Waals surface area (Å²) in [6.07, 6.45) is 1.38. The van der Waals surface area contributed by atoms with Crippen molar-refractivity contribution in [2.75, 3.05) is 11.9 Å². The summed E-state index contributed by atoms with van der Waals surface area (Å²) in [6.45, 7) is 4.68. The van der Waals surface area contributed by atoms with Crippen LogP contribution in [0.4, 0.5) is 10.1 Å². The lowest BCUT2D eigenvalue weighted by molar-refractivity contribution is -0.136. The van der Waals surface area contributed by atoms with Crippen molar-refractivity contribution in [3.05, 3.63) is 87.6 Å². The van der Waals surface area contributed by atoms with Crippen LogP contribution in [0.3, 0.4) is 0 Å². The lowest BCUT2D eigenvalue weighted by Crippen LogP contribution is -2.32. The molecule has 0 spiro atoms. The highest BCUT2D eigenvalue weighted by molar-refractivity contribution is 9.10. The summed E-state index contributed by atoms with van der Waals surface area (Å²) in [5.41, 5.74) is 5.24. The van der Waals surface area contributed by atoms with Crippen molar-refractivity contribution in [2.45, 2.75) is 20.5 Å². The Morgan fingerprint density at radius 3 is 2.50 bits per heavy atom. The largest absolute Gasteiger partial charge is 0.490 e. The number of carbonyl (C=O) groups is 2. The van der Waals surface area contributed by atoms with Crippen LogP contribution in [0, 0.1) is 12.7 Å². The summed E-state index contributed by atoms with van der Waals surface area (Å²) in [7, 11) is 0. The van der Waals surface area contributed by atoms with Gasteiger partial charge in [0.15, 0.2) is 11.5 Å². The Labute approximate surface area is 205 Å². The molecule has 2 amide bonds. The zero-order chi connectivity index (χ0) is 24.5. The van der Waals surface area contributed by atoms with Gasteiger partial charge in [0.05, 0.1) is 17.3 Å². The van der Waals surface area contributed by atoms with E-state index < -0.39 is 17.6 Å². The fraction of sp³-hybridized carbons (Fsp3) is 0.160. The second kappa shape index (κ2) is 11.9. The number of nitrogens with one attached hydrogen (secondary N) is 2. The van der Waals surface area contributed by atoms with Crippen LogP contribution in [0.5, 0.6) is 11.5 Å². The molecule has 0 saturated carbocycles. The van der Waals surface area contributed by atoms with Crippen LogP contribution < -0.4 is 20.2 Å². The van der Waals surface area contributed by atoms with Gasteiger partial charge in [-0.15, -0.1) is 0 Å². The van der Waals surface area contributed by atoms with Gasteiger partial charge in [-0.3, -0.25) is 9.59 Å². The fourth-order valence-corrected chi connectivity index (χ4v) is 3.50. The molecule has 0 aromatic heterocycles. The van der Waals surface area contributed by atoms with Crippen molar-refractivity contribution in [1.82, 2.24) is 5.43 Å². The van der Waals surface area contributed by atoms with Gasteiger partial charge in [0.1, 0.15) is 12.4 Å². The maximum Gasteiger partial charge on any atom is 0.329 e. The lowest BCUT2D eigenvalue weighted by Gasteiger charge is -2.15. The number of hydrogen-bond acceptors (Lipinski definition) is 5. The van der Waals surface area contributed by atoms with E-state index in [1.54, 1.807) is 12.1 Å². The van der Waals surface area contributed by atoms with Crippen LogP contribution in [-0.2, 0) is 16.2 Å². The summed E-state index contributed by atoms with van der Waals surface area (Å²) in [5, 5.41) is 6.19. The van der Waals surface area contributed by atoms with E-state index >= 15 is 0 Å². The maximum atomic E-state index is 12.9. The SMILES string of the molecule is CCOc1cc(C=NNC(=O)C(=O)Nc2ccc(F)cc2)cc(Br)c1OCc1ccccc1C. The highest BCUT2D eigenvalue weighted by Gasteiger charge is 2.14. The number of benzene rings is 3. The first kappa shape index (κ1) is 24.9. The Hall–Kier alpha value is -3.72. The van der Waals surface area contributed by atoms with Crippen molar-refractivity contribution < 1.29 is 23.5 Å². The molecule has 3 rings (SSSR count). The molecule has 0 bridgehead atoms. The summed E-state index contributed by atoms with van der Waals surface area (Å²) >= 11 is 3.50. The van der Waals surface area contributed by atoms with Gasteiger partial charge in [-0.1, -0.05) is 24.3 Å². The molecule has 0 saturated heterocycles. The molecule has 0 unspecified atom stereocenters. The second-order valence-electron chi connectivity index (χ2n) is 7.14. The molecule has 7 nitrogen and oxygen atoms in total. The first-order valence-corrected chi connectivity index (χ1v) is 11.2. The molecule has 0 heterocycles. The topological polar surface area (TPSA) is 89.0 Å². The van der Waals surface area contributed by atoms with E-state index in [2.05, 4.69) is 31.8 Å². The molecule has 34 heavy (non-hydrogen) atoms. The van der Waals surface area contributed by atoms with E-state index in [0.717, 1.165) is 11.1 Å². The molecule has 3 aromatic carbocycles. The minimum Gasteiger partial charge on any atom is -0.490 e. The Balaban J connectivity index is 1.65. The summed E-state index contributed by atoms with van der Waals surface area (Å²) in [6, 6.07) is 16.5. The molecule has 3 aromatic rings. The molecule has 0 atom stereocenters. The van der Waals surface area contributed by atoms with E-state index in [-0.39, 0.29) is 5.69 Å². The monoisotopic (exact) mass is 527 g/mol. The number of amides is 2. The van der Waals surface area contributed by atoms with Crippen LogP contribution in [0.2, 0.25) is 0 Å². The number of hydrazone groups is 1. The third kappa shape index (κ3) is 6.89. The normalized spacial score (nSPS) is 10.7. The highest BCUT2D eigenvalue weighted by atomic mass is 79.9. The first-order chi connectivity index (χ1) is 16.4. The van der Waals surface area contributed by atoms with Gasteiger partial charge in [-0.2, -0.15) is 5.10 Å². The van der Waals surface area contributed by atoms with Crippen LogP contribution in [0.15, 0.2) is 70.2 Å². The Kier molecular flexibility index (Phi) is 8.75. The lowest BCUT2D eigenvalue weighted by atomic mass is 10.1. The molecule has 2 N–H and O–H groups in total. The van der Waals surface area contributed by atoms with E-state index in [4.69, 9.17) is 9.47 Å². The number of hydrogen-bond donors (Lipinski definition) is 2. The minimum absolute atomic E-state index is 0.289. The quantitative estimate of drug-likeness (QED) is 0.246. The third-order valence-electron chi connectivity index (χ3n) is 4.65. The van der Waals surface area contributed by atoms with Gasteiger partial charge in [0.2, 0.25) is 0 Å². The highest BCUT2D eigenvalue weighted by Crippen LogP contribution is 2.37.